The molecular formula is C17H11N5. The van der Waals surface area contributed by atoms with Gasteiger partial charge in [0.2, 0.25) is 0 Å². The topological polar surface area (TPSA) is 70.2 Å². The summed E-state index contributed by atoms with van der Waals surface area (Å²) in [5.74, 6) is 6.28. The summed E-state index contributed by atoms with van der Waals surface area (Å²) in [6, 6.07) is 15.8. The Morgan fingerprint density at radius 1 is 0.909 bits per heavy atom. The molecule has 0 saturated heterocycles. The fourth-order valence-corrected chi connectivity index (χ4v) is 2.26. The summed E-state index contributed by atoms with van der Waals surface area (Å²) in [6.45, 7) is 0. The average Bonchev–Trinajstić information content (AvgIpc) is 3.23. The van der Waals surface area contributed by atoms with E-state index < -0.39 is 0 Å². The minimum atomic E-state index is 0.796. The molecule has 0 radical (unpaired) electrons. The molecule has 4 aromatic rings. The van der Waals surface area contributed by atoms with Crippen LogP contribution in [-0.4, -0.2) is 25.6 Å². The zero-order valence-corrected chi connectivity index (χ0v) is 11.5. The van der Waals surface area contributed by atoms with E-state index >= 15 is 0 Å². The lowest BCUT2D eigenvalue weighted by Gasteiger charge is -1.95. The molecule has 2 N–H and O–H groups in total. The third-order valence-corrected chi connectivity index (χ3v) is 3.37. The van der Waals surface area contributed by atoms with Crippen LogP contribution in [0.2, 0.25) is 0 Å². The highest BCUT2D eigenvalue weighted by atomic mass is 15.3. The number of aromatic amines is 2. The second kappa shape index (κ2) is 5.19. The molecule has 0 aliphatic carbocycles. The van der Waals surface area contributed by atoms with Gasteiger partial charge in [-0.25, -0.2) is 0 Å². The SMILES string of the molecule is C(#Cc1[nH]nc2ccc(-c3cn[nH]n3)cc12)c1ccccc1. The molecule has 5 nitrogen and oxygen atoms in total. The summed E-state index contributed by atoms with van der Waals surface area (Å²) < 4.78 is 0. The first-order valence-electron chi connectivity index (χ1n) is 6.81. The fraction of sp³-hybridized carbons (Fsp3) is 0. The molecule has 2 aromatic carbocycles. The number of nitrogens with zero attached hydrogens (tertiary/aromatic N) is 3. The van der Waals surface area contributed by atoms with E-state index in [-0.39, 0.29) is 0 Å². The second-order valence-electron chi connectivity index (χ2n) is 4.80. The molecule has 2 aromatic heterocycles. The van der Waals surface area contributed by atoms with Gasteiger partial charge in [0, 0.05) is 16.5 Å². The van der Waals surface area contributed by atoms with E-state index in [4.69, 9.17) is 0 Å². The van der Waals surface area contributed by atoms with Crippen LogP contribution >= 0.6 is 0 Å². The summed E-state index contributed by atoms with van der Waals surface area (Å²) in [7, 11) is 0. The molecule has 0 fully saturated rings. The van der Waals surface area contributed by atoms with Crippen LogP contribution < -0.4 is 0 Å². The smallest absolute Gasteiger partial charge is 0.116 e. The maximum atomic E-state index is 4.28. The fourth-order valence-electron chi connectivity index (χ4n) is 2.26. The van der Waals surface area contributed by atoms with Crippen molar-refractivity contribution in [1.29, 1.82) is 0 Å². The summed E-state index contributed by atoms with van der Waals surface area (Å²) in [5, 5.41) is 18.8. The summed E-state index contributed by atoms with van der Waals surface area (Å²) in [4.78, 5) is 0. The number of aromatic nitrogens is 5. The van der Waals surface area contributed by atoms with Gasteiger partial charge in [0.15, 0.2) is 0 Å². The standard InChI is InChI=1S/C17H11N5/c1-2-4-12(5-3-1)6-8-15-14-10-13(17-11-18-22-21-17)7-9-16(14)20-19-15/h1-5,7,9-11H,(H,19,20)(H,18,21,22). The van der Waals surface area contributed by atoms with Crippen LogP contribution in [0.3, 0.4) is 0 Å². The van der Waals surface area contributed by atoms with Gasteiger partial charge in [-0.15, -0.1) is 0 Å². The van der Waals surface area contributed by atoms with Crippen molar-refractivity contribution in [3.05, 3.63) is 66.0 Å². The number of nitrogens with one attached hydrogen (secondary N) is 2. The molecule has 2 heterocycles. The highest BCUT2D eigenvalue weighted by Crippen LogP contribution is 2.23. The Kier molecular flexibility index (Phi) is 2.91. The molecule has 4 rings (SSSR count). The normalized spacial score (nSPS) is 10.4. The first-order valence-corrected chi connectivity index (χ1v) is 6.81. The highest BCUT2D eigenvalue weighted by molar-refractivity contribution is 5.88. The lowest BCUT2D eigenvalue weighted by molar-refractivity contribution is 0.942. The molecule has 0 bridgehead atoms. The summed E-state index contributed by atoms with van der Waals surface area (Å²) in [5.41, 5.74) is 4.42. The van der Waals surface area contributed by atoms with Gasteiger partial charge in [0.05, 0.1) is 11.7 Å². The highest BCUT2D eigenvalue weighted by Gasteiger charge is 2.07. The Hall–Kier alpha value is -3.39. The van der Waals surface area contributed by atoms with E-state index in [1.165, 1.54) is 0 Å². The average molecular weight is 285 g/mol. The predicted octanol–water partition coefficient (Wildman–Crippen LogP) is 2.75. The molecule has 0 saturated carbocycles. The van der Waals surface area contributed by atoms with E-state index in [9.17, 15) is 0 Å². The van der Waals surface area contributed by atoms with E-state index in [0.29, 0.717) is 0 Å². The molecule has 104 valence electrons. The first-order chi connectivity index (χ1) is 10.9. The third-order valence-electron chi connectivity index (χ3n) is 3.37. The maximum Gasteiger partial charge on any atom is 0.116 e. The third kappa shape index (κ3) is 2.23. The Labute approximate surface area is 126 Å². The Bertz CT molecular complexity index is 972. The van der Waals surface area contributed by atoms with E-state index in [2.05, 4.69) is 37.4 Å². The van der Waals surface area contributed by atoms with Crippen molar-refractivity contribution in [2.24, 2.45) is 0 Å². The number of H-pyrrole nitrogens is 2. The second-order valence-corrected chi connectivity index (χ2v) is 4.80. The van der Waals surface area contributed by atoms with Gasteiger partial charge in [-0.3, -0.25) is 5.10 Å². The zero-order chi connectivity index (χ0) is 14.8. The van der Waals surface area contributed by atoms with Crippen molar-refractivity contribution in [1.82, 2.24) is 25.6 Å². The van der Waals surface area contributed by atoms with Crippen LogP contribution in [0.4, 0.5) is 0 Å². The van der Waals surface area contributed by atoms with Crippen molar-refractivity contribution >= 4 is 10.9 Å². The van der Waals surface area contributed by atoms with E-state index in [0.717, 1.165) is 33.4 Å². The van der Waals surface area contributed by atoms with Crippen LogP contribution in [0.15, 0.2) is 54.7 Å². The molecule has 0 amide bonds. The number of rotatable bonds is 1. The van der Waals surface area contributed by atoms with Crippen molar-refractivity contribution in [2.45, 2.75) is 0 Å². The van der Waals surface area contributed by atoms with Crippen molar-refractivity contribution in [3.63, 3.8) is 0 Å². The van der Waals surface area contributed by atoms with E-state index in [1.807, 2.05) is 48.5 Å². The number of hydrogen-bond acceptors (Lipinski definition) is 3. The summed E-state index contributed by atoms with van der Waals surface area (Å²) in [6.07, 6.45) is 1.69. The van der Waals surface area contributed by atoms with Gasteiger partial charge in [-0.2, -0.15) is 20.5 Å². The van der Waals surface area contributed by atoms with Crippen molar-refractivity contribution in [2.75, 3.05) is 0 Å². The molecule has 5 heteroatoms. The van der Waals surface area contributed by atoms with Crippen LogP contribution in [0, 0.1) is 11.8 Å². The van der Waals surface area contributed by atoms with Gasteiger partial charge in [0.1, 0.15) is 11.4 Å². The van der Waals surface area contributed by atoms with Gasteiger partial charge < -0.3 is 0 Å². The van der Waals surface area contributed by atoms with Crippen LogP contribution in [0.1, 0.15) is 11.3 Å². The lowest BCUT2D eigenvalue weighted by Crippen LogP contribution is -1.80. The molecule has 22 heavy (non-hydrogen) atoms. The molecule has 0 unspecified atom stereocenters. The number of hydrogen-bond donors (Lipinski definition) is 2. The maximum absolute atomic E-state index is 4.28. The largest absolute Gasteiger partial charge is 0.269 e. The van der Waals surface area contributed by atoms with Crippen LogP contribution in [-0.2, 0) is 0 Å². The quantitative estimate of drug-likeness (QED) is 0.528. The molecule has 0 atom stereocenters. The number of fused-ring (bicyclic) bond motifs is 1. The van der Waals surface area contributed by atoms with Crippen molar-refractivity contribution < 1.29 is 0 Å². The Balaban J connectivity index is 1.79. The predicted molar refractivity (Wildman–Crippen MR) is 83.9 cm³/mol. The number of benzene rings is 2. The first kappa shape index (κ1) is 12.4. The van der Waals surface area contributed by atoms with Gasteiger partial charge >= 0.3 is 0 Å². The van der Waals surface area contributed by atoms with E-state index in [1.54, 1.807) is 6.20 Å². The molecule has 0 aliphatic rings. The van der Waals surface area contributed by atoms with Gasteiger partial charge in [-0.05, 0) is 30.2 Å². The van der Waals surface area contributed by atoms with Crippen LogP contribution in [0.5, 0.6) is 0 Å². The summed E-state index contributed by atoms with van der Waals surface area (Å²) >= 11 is 0. The Morgan fingerprint density at radius 3 is 2.64 bits per heavy atom. The molecular weight excluding hydrogens is 274 g/mol. The van der Waals surface area contributed by atoms with Gasteiger partial charge in [-0.1, -0.05) is 30.2 Å². The minimum absolute atomic E-state index is 0.796. The molecule has 0 spiro atoms. The Morgan fingerprint density at radius 2 is 1.82 bits per heavy atom. The van der Waals surface area contributed by atoms with Gasteiger partial charge in [0.25, 0.3) is 0 Å². The minimum Gasteiger partial charge on any atom is -0.269 e. The molecule has 0 aliphatic heterocycles. The monoisotopic (exact) mass is 285 g/mol. The lowest BCUT2D eigenvalue weighted by atomic mass is 10.1. The van der Waals surface area contributed by atoms with Crippen molar-refractivity contribution in [3.8, 4) is 23.1 Å². The van der Waals surface area contributed by atoms with Crippen LogP contribution in [0.25, 0.3) is 22.2 Å². The zero-order valence-electron chi connectivity index (χ0n) is 11.5.